The van der Waals surface area contributed by atoms with Crippen molar-refractivity contribution >= 4 is 11.7 Å². The molecule has 0 fully saturated rings. The number of nitrogens with one attached hydrogen (secondary N) is 2. The first-order valence-corrected chi connectivity index (χ1v) is 6.45. The standard InChI is InChI=1S/C14H19N3O2/c1-5-6-11-7-12(17-16-11)15-14(18)13-8(2)9(3)19-10(13)4/h7H,5-6H2,1-4H3,(H2,15,16,17,18). The summed E-state index contributed by atoms with van der Waals surface area (Å²) >= 11 is 0. The van der Waals surface area contributed by atoms with E-state index in [9.17, 15) is 4.79 Å². The van der Waals surface area contributed by atoms with Crippen LogP contribution in [0.4, 0.5) is 5.82 Å². The Balaban J connectivity index is 2.16. The van der Waals surface area contributed by atoms with Crippen molar-refractivity contribution < 1.29 is 9.21 Å². The van der Waals surface area contributed by atoms with Gasteiger partial charge in [-0.15, -0.1) is 0 Å². The highest BCUT2D eigenvalue weighted by atomic mass is 16.3. The number of aromatic nitrogens is 2. The highest BCUT2D eigenvalue weighted by Gasteiger charge is 2.19. The molecule has 0 radical (unpaired) electrons. The molecule has 0 saturated carbocycles. The van der Waals surface area contributed by atoms with Crippen molar-refractivity contribution in [2.24, 2.45) is 0 Å². The number of carbonyl (C=O) groups excluding carboxylic acids is 1. The number of hydrogen-bond donors (Lipinski definition) is 2. The van der Waals surface area contributed by atoms with Crippen molar-refractivity contribution in [3.8, 4) is 0 Å². The Kier molecular flexibility index (Phi) is 3.74. The molecule has 0 atom stereocenters. The van der Waals surface area contributed by atoms with Gasteiger partial charge in [-0.05, 0) is 27.2 Å². The molecule has 1 amide bonds. The highest BCUT2D eigenvalue weighted by molar-refractivity contribution is 6.05. The lowest BCUT2D eigenvalue weighted by Gasteiger charge is -2.01. The first-order chi connectivity index (χ1) is 9.02. The van der Waals surface area contributed by atoms with E-state index in [1.165, 1.54) is 0 Å². The third-order valence-corrected chi connectivity index (χ3v) is 3.18. The van der Waals surface area contributed by atoms with Crippen LogP contribution in [0.1, 0.15) is 46.5 Å². The van der Waals surface area contributed by atoms with Gasteiger partial charge in [-0.2, -0.15) is 5.10 Å². The monoisotopic (exact) mass is 261 g/mol. The molecule has 0 unspecified atom stereocenters. The Hall–Kier alpha value is -2.04. The van der Waals surface area contributed by atoms with Crippen molar-refractivity contribution in [2.45, 2.75) is 40.5 Å². The minimum Gasteiger partial charge on any atom is -0.466 e. The zero-order chi connectivity index (χ0) is 14.0. The lowest BCUT2D eigenvalue weighted by atomic mass is 10.1. The number of rotatable bonds is 4. The van der Waals surface area contributed by atoms with Crippen molar-refractivity contribution in [1.29, 1.82) is 0 Å². The second-order valence-corrected chi connectivity index (χ2v) is 4.70. The Bertz CT molecular complexity index is 596. The van der Waals surface area contributed by atoms with Gasteiger partial charge in [0.25, 0.3) is 5.91 Å². The molecule has 0 aromatic carbocycles. The zero-order valence-corrected chi connectivity index (χ0v) is 11.8. The molecular weight excluding hydrogens is 242 g/mol. The molecule has 2 rings (SSSR count). The number of carbonyl (C=O) groups is 1. The van der Waals surface area contributed by atoms with Crippen LogP contribution in [0.15, 0.2) is 10.5 Å². The van der Waals surface area contributed by atoms with Crippen LogP contribution in [-0.2, 0) is 6.42 Å². The van der Waals surface area contributed by atoms with E-state index in [-0.39, 0.29) is 5.91 Å². The number of anilines is 1. The van der Waals surface area contributed by atoms with Gasteiger partial charge in [0.1, 0.15) is 11.5 Å². The van der Waals surface area contributed by atoms with E-state index in [1.54, 1.807) is 6.92 Å². The molecule has 0 aliphatic carbocycles. The first-order valence-electron chi connectivity index (χ1n) is 6.45. The zero-order valence-electron chi connectivity index (χ0n) is 11.8. The van der Waals surface area contributed by atoms with E-state index in [4.69, 9.17) is 4.42 Å². The molecule has 5 nitrogen and oxygen atoms in total. The van der Waals surface area contributed by atoms with Gasteiger partial charge in [-0.3, -0.25) is 9.89 Å². The summed E-state index contributed by atoms with van der Waals surface area (Å²) in [6, 6.07) is 1.86. The number of hydrogen-bond acceptors (Lipinski definition) is 3. The summed E-state index contributed by atoms with van der Waals surface area (Å²) < 4.78 is 5.46. The fourth-order valence-corrected chi connectivity index (χ4v) is 2.13. The Morgan fingerprint density at radius 1 is 1.37 bits per heavy atom. The molecule has 0 aliphatic heterocycles. The quantitative estimate of drug-likeness (QED) is 0.888. The third-order valence-electron chi connectivity index (χ3n) is 3.18. The van der Waals surface area contributed by atoms with Crippen molar-refractivity contribution in [1.82, 2.24) is 10.2 Å². The van der Waals surface area contributed by atoms with E-state index in [0.717, 1.165) is 29.9 Å². The van der Waals surface area contributed by atoms with E-state index < -0.39 is 0 Å². The summed E-state index contributed by atoms with van der Waals surface area (Å²) in [5, 5.41) is 9.78. The Morgan fingerprint density at radius 2 is 2.11 bits per heavy atom. The minimum atomic E-state index is -0.179. The molecule has 2 aromatic rings. The number of aryl methyl sites for hydroxylation is 3. The highest BCUT2D eigenvalue weighted by Crippen LogP contribution is 2.21. The lowest BCUT2D eigenvalue weighted by molar-refractivity contribution is 0.102. The SMILES string of the molecule is CCCc1cc(NC(=O)c2c(C)oc(C)c2C)n[nH]1. The topological polar surface area (TPSA) is 70.9 Å². The summed E-state index contributed by atoms with van der Waals surface area (Å²) in [5.74, 6) is 1.78. The van der Waals surface area contributed by atoms with Gasteiger partial charge in [-0.1, -0.05) is 13.3 Å². The molecule has 0 spiro atoms. The normalized spacial score (nSPS) is 10.7. The van der Waals surface area contributed by atoms with Crippen LogP contribution in [0, 0.1) is 20.8 Å². The Morgan fingerprint density at radius 3 is 2.68 bits per heavy atom. The van der Waals surface area contributed by atoms with E-state index in [2.05, 4.69) is 22.4 Å². The average Bonchev–Trinajstić information content (AvgIpc) is 2.86. The van der Waals surface area contributed by atoms with Crippen molar-refractivity contribution in [3.05, 3.63) is 34.4 Å². The molecule has 2 N–H and O–H groups in total. The van der Waals surface area contributed by atoms with Crippen LogP contribution >= 0.6 is 0 Å². The van der Waals surface area contributed by atoms with Gasteiger partial charge in [0.2, 0.25) is 0 Å². The van der Waals surface area contributed by atoms with Crippen LogP contribution < -0.4 is 5.32 Å². The Labute approximate surface area is 112 Å². The van der Waals surface area contributed by atoms with Crippen molar-refractivity contribution in [3.63, 3.8) is 0 Å². The van der Waals surface area contributed by atoms with Gasteiger partial charge < -0.3 is 9.73 Å². The maximum Gasteiger partial charge on any atom is 0.260 e. The van der Waals surface area contributed by atoms with Gasteiger partial charge in [-0.25, -0.2) is 0 Å². The molecule has 2 aromatic heterocycles. The maximum absolute atomic E-state index is 12.2. The van der Waals surface area contributed by atoms with Gasteiger partial charge in [0.05, 0.1) is 5.56 Å². The average molecular weight is 261 g/mol. The predicted octanol–water partition coefficient (Wildman–Crippen LogP) is 3.13. The second kappa shape index (κ2) is 5.30. The molecule has 5 heteroatoms. The second-order valence-electron chi connectivity index (χ2n) is 4.70. The molecule has 0 aliphatic rings. The number of furan rings is 1. The molecule has 0 bridgehead atoms. The van der Waals surface area contributed by atoms with Crippen LogP contribution in [-0.4, -0.2) is 16.1 Å². The summed E-state index contributed by atoms with van der Waals surface area (Å²) in [5.41, 5.74) is 2.49. The summed E-state index contributed by atoms with van der Waals surface area (Å²) in [6.07, 6.45) is 1.96. The fraction of sp³-hybridized carbons (Fsp3) is 0.429. The summed E-state index contributed by atoms with van der Waals surface area (Å²) in [4.78, 5) is 12.2. The van der Waals surface area contributed by atoms with Crippen LogP contribution in [0.25, 0.3) is 0 Å². The molecule has 102 valence electrons. The van der Waals surface area contributed by atoms with Gasteiger partial charge in [0.15, 0.2) is 5.82 Å². The minimum absolute atomic E-state index is 0.179. The fourth-order valence-electron chi connectivity index (χ4n) is 2.13. The molecule has 19 heavy (non-hydrogen) atoms. The van der Waals surface area contributed by atoms with Crippen LogP contribution in [0.2, 0.25) is 0 Å². The first kappa shape index (κ1) is 13.4. The number of nitrogens with zero attached hydrogens (tertiary/aromatic N) is 1. The number of H-pyrrole nitrogens is 1. The van der Waals surface area contributed by atoms with Crippen LogP contribution in [0.3, 0.4) is 0 Å². The maximum atomic E-state index is 12.2. The summed E-state index contributed by atoms with van der Waals surface area (Å²) in [7, 11) is 0. The van der Waals surface area contributed by atoms with E-state index in [0.29, 0.717) is 17.1 Å². The van der Waals surface area contributed by atoms with Crippen LogP contribution in [0.5, 0.6) is 0 Å². The third kappa shape index (κ3) is 2.70. The van der Waals surface area contributed by atoms with E-state index >= 15 is 0 Å². The number of aromatic amines is 1. The number of amides is 1. The van der Waals surface area contributed by atoms with Gasteiger partial charge in [0, 0.05) is 17.3 Å². The summed E-state index contributed by atoms with van der Waals surface area (Å²) in [6.45, 7) is 7.63. The van der Waals surface area contributed by atoms with E-state index in [1.807, 2.05) is 19.9 Å². The molecular formula is C14H19N3O2. The lowest BCUT2D eigenvalue weighted by Crippen LogP contribution is -2.13. The molecule has 2 heterocycles. The predicted molar refractivity (Wildman–Crippen MR) is 73.5 cm³/mol. The van der Waals surface area contributed by atoms with Crippen molar-refractivity contribution in [2.75, 3.05) is 5.32 Å². The largest absolute Gasteiger partial charge is 0.466 e. The smallest absolute Gasteiger partial charge is 0.260 e. The van der Waals surface area contributed by atoms with Gasteiger partial charge >= 0.3 is 0 Å². The molecule has 0 saturated heterocycles.